The molecule has 1 aliphatic rings. The molecule has 1 aromatic rings. The van der Waals surface area contributed by atoms with Crippen LogP contribution in [0.15, 0.2) is 18.2 Å². The van der Waals surface area contributed by atoms with Gasteiger partial charge in [0, 0.05) is 12.1 Å². The summed E-state index contributed by atoms with van der Waals surface area (Å²) in [6, 6.07) is 7.41. The van der Waals surface area contributed by atoms with Crippen molar-refractivity contribution in [2.45, 2.75) is 24.9 Å². The zero-order chi connectivity index (χ0) is 12.4. The minimum Gasteiger partial charge on any atom is -0.497 e. The average Bonchev–Trinajstić information content (AvgIpc) is 2.36. The first-order valence-corrected chi connectivity index (χ1v) is 6.18. The highest BCUT2D eigenvalue weighted by molar-refractivity contribution is 5.40. The first-order chi connectivity index (χ1) is 8.17. The van der Waals surface area contributed by atoms with Crippen molar-refractivity contribution in [1.82, 2.24) is 10.2 Å². The maximum Gasteiger partial charge on any atom is 0.119 e. The highest BCUT2D eigenvalue weighted by Gasteiger charge is 2.29. The number of rotatable bonds is 3. The predicted molar refractivity (Wildman–Crippen MR) is 70.6 cm³/mol. The van der Waals surface area contributed by atoms with Crippen molar-refractivity contribution in [2.75, 3.05) is 28.3 Å². The molecule has 0 aliphatic heterocycles. The Bertz CT molecular complexity index is 390. The second-order valence-electron chi connectivity index (χ2n) is 4.90. The Morgan fingerprint density at radius 2 is 2.12 bits per heavy atom. The molecule has 0 heterocycles. The van der Waals surface area contributed by atoms with Gasteiger partial charge in [-0.3, -0.25) is 0 Å². The third kappa shape index (κ3) is 2.31. The van der Waals surface area contributed by atoms with Gasteiger partial charge in [-0.15, -0.1) is 0 Å². The molecule has 0 amide bonds. The number of methoxy groups -OCH3 is 1. The lowest BCUT2D eigenvalue weighted by atomic mass is 9.83. The highest BCUT2D eigenvalue weighted by Crippen LogP contribution is 2.33. The van der Waals surface area contributed by atoms with Crippen LogP contribution in [0, 0.1) is 0 Å². The predicted octanol–water partition coefficient (Wildman–Crippen LogP) is 1.83. The zero-order valence-electron chi connectivity index (χ0n) is 11.2. The number of ether oxygens (including phenoxy) is 1. The number of hydrogen-bond donors (Lipinski definition) is 1. The molecule has 1 aliphatic carbocycles. The molecule has 1 N–H and O–H groups in total. The van der Waals surface area contributed by atoms with Crippen LogP contribution in [-0.4, -0.2) is 39.2 Å². The van der Waals surface area contributed by atoms with Crippen molar-refractivity contribution in [3.63, 3.8) is 0 Å². The number of benzene rings is 1. The summed E-state index contributed by atoms with van der Waals surface area (Å²) in [7, 11) is 8.08. The van der Waals surface area contributed by atoms with Crippen LogP contribution in [0.2, 0.25) is 0 Å². The Morgan fingerprint density at radius 3 is 2.71 bits per heavy atom. The van der Waals surface area contributed by atoms with Gasteiger partial charge in [0.15, 0.2) is 0 Å². The van der Waals surface area contributed by atoms with Gasteiger partial charge < -0.3 is 15.0 Å². The number of nitrogens with zero attached hydrogens (tertiary/aromatic N) is 1. The van der Waals surface area contributed by atoms with Crippen LogP contribution in [0.25, 0.3) is 0 Å². The van der Waals surface area contributed by atoms with E-state index in [4.69, 9.17) is 4.74 Å². The van der Waals surface area contributed by atoms with E-state index in [0.717, 1.165) is 12.2 Å². The van der Waals surface area contributed by atoms with Crippen LogP contribution >= 0.6 is 0 Å². The summed E-state index contributed by atoms with van der Waals surface area (Å²) in [5.74, 6) is 0.960. The molecular formula is C14H22N2O. The van der Waals surface area contributed by atoms with E-state index in [2.05, 4.69) is 42.5 Å². The quantitative estimate of drug-likeness (QED) is 0.863. The molecule has 0 aromatic heterocycles. The van der Waals surface area contributed by atoms with Crippen LogP contribution in [-0.2, 0) is 6.42 Å². The van der Waals surface area contributed by atoms with E-state index in [9.17, 15) is 0 Å². The number of hydrogen-bond acceptors (Lipinski definition) is 3. The van der Waals surface area contributed by atoms with Gasteiger partial charge in [-0.25, -0.2) is 0 Å². The first kappa shape index (κ1) is 12.4. The molecule has 0 saturated carbocycles. The van der Waals surface area contributed by atoms with E-state index >= 15 is 0 Å². The highest BCUT2D eigenvalue weighted by atomic mass is 16.5. The normalized spacial score (nSPS) is 23.6. The molecule has 17 heavy (non-hydrogen) atoms. The first-order valence-electron chi connectivity index (χ1n) is 6.18. The van der Waals surface area contributed by atoms with E-state index in [1.54, 1.807) is 7.11 Å². The molecule has 0 saturated heterocycles. The van der Waals surface area contributed by atoms with Crippen LogP contribution in [0.4, 0.5) is 0 Å². The molecule has 2 unspecified atom stereocenters. The molecular weight excluding hydrogens is 212 g/mol. The van der Waals surface area contributed by atoms with Crippen molar-refractivity contribution < 1.29 is 4.74 Å². The summed E-state index contributed by atoms with van der Waals surface area (Å²) < 4.78 is 5.29. The second kappa shape index (κ2) is 5.07. The van der Waals surface area contributed by atoms with E-state index in [1.165, 1.54) is 17.5 Å². The zero-order valence-corrected chi connectivity index (χ0v) is 11.2. The Morgan fingerprint density at radius 1 is 1.35 bits per heavy atom. The summed E-state index contributed by atoms with van der Waals surface area (Å²) >= 11 is 0. The number of nitrogens with one attached hydrogen (secondary N) is 1. The van der Waals surface area contributed by atoms with Crippen LogP contribution in [0.3, 0.4) is 0 Å². The van der Waals surface area contributed by atoms with E-state index < -0.39 is 0 Å². The smallest absolute Gasteiger partial charge is 0.119 e. The maximum absolute atomic E-state index is 5.29. The number of likely N-dealkylation sites (N-methyl/N-ethyl adjacent to an activating group) is 2. The van der Waals surface area contributed by atoms with Gasteiger partial charge in [-0.2, -0.15) is 0 Å². The molecule has 94 valence electrons. The lowest BCUT2D eigenvalue weighted by Crippen LogP contribution is -2.42. The Balaban J connectivity index is 2.35. The van der Waals surface area contributed by atoms with Crippen LogP contribution in [0.5, 0.6) is 5.75 Å². The molecule has 3 heteroatoms. The van der Waals surface area contributed by atoms with E-state index in [1.807, 2.05) is 7.05 Å². The summed E-state index contributed by atoms with van der Waals surface area (Å²) in [6.45, 7) is 0. The fraction of sp³-hybridized carbons (Fsp3) is 0.571. The minimum absolute atomic E-state index is 0.416. The SMILES string of the molecule is CNC1c2ccc(OC)cc2CCC1N(C)C. The molecule has 1 aromatic carbocycles. The van der Waals surface area contributed by atoms with Crippen molar-refractivity contribution in [1.29, 1.82) is 0 Å². The molecule has 0 spiro atoms. The molecule has 0 bridgehead atoms. The van der Waals surface area contributed by atoms with Crippen LogP contribution < -0.4 is 10.1 Å². The average molecular weight is 234 g/mol. The van der Waals surface area contributed by atoms with Crippen LogP contribution in [0.1, 0.15) is 23.6 Å². The maximum atomic E-state index is 5.29. The lowest BCUT2D eigenvalue weighted by Gasteiger charge is -2.37. The van der Waals surface area contributed by atoms with Gasteiger partial charge >= 0.3 is 0 Å². The Hall–Kier alpha value is -1.06. The van der Waals surface area contributed by atoms with Crippen molar-refractivity contribution in [3.8, 4) is 5.75 Å². The number of aryl methyl sites for hydroxylation is 1. The van der Waals surface area contributed by atoms with Crippen molar-refractivity contribution >= 4 is 0 Å². The third-order valence-electron chi connectivity index (χ3n) is 3.75. The molecule has 2 rings (SSSR count). The molecule has 3 nitrogen and oxygen atoms in total. The van der Waals surface area contributed by atoms with Gasteiger partial charge in [0.1, 0.15) is 5.75 Å². The summed E-state index contributed by atoms with van der Waals surface area (Å²) in [4.78, 5) is 2.31. The third-order valence-corrected chi connectivity index (χ3v) is 3.75. The van der Waals surface area contributed by atoms with Crippen molar-refractivity contribution in [2.24, 2.45) is 0 Å². The minimum atomic E-state index is 0.416. The largest absolute Gasteiger partial charge is 0.497 e. The van der Waals surface area contributed by atoms with Gasteiger partial charge in [-0.05, 0) is 57.2 Å². The molecule has 2 atom stereocenters. The summed E-state index contributed by atoms with van der Waals surface area (Å²) in [5.41, 5.74) is 2.83. The fourth-order valence-corrected chi connectivity index (χ4v) is 2.81. The van der Waals surface area contributed by atoms with Gasteiger partial charge in [0.2, 0.25) is 0 Å². The lowest BCUT2D eigenvalue weighted by molar-refractivity contribution is 0.212. The van der Waals surface area contributed by atoms with Gasteiger partial charge in [0.25, 0.3) is 0 Å². The van der Waals surface area contributed by atoms with E-state index in [-0.39, 0.29) is 0 Å². The monoisotopic (exact) mass is 234 g/mol. The Kier molecular flexibility index (Phi) is 3.69. The summed E-state index contributed by atoms with van der Waals surface area (Å²) in [6.07, 6.45) is 2.33. The van der Waals surface area contributed by atoms with Crippen molar-refractivity contribution in [3.05, 3.63) is 29.3 Å². The topological polar surface area (TPSA) is 24.5 Å². The second-order valence-corrected chi connectivity index (χ2v) is 4.90. The van der Waals surface area contributed by atoms with E-state index in [0.29, 0.717) is 12.1 Å². The van der Waals surface area contributed by atoms with Gasteiger partial charge in [0.05, 0.1) is 7.11 Å². The Labute approximate surface area is 104 Å². The van der Waals surface area contributed by atoms with Gasteiger partial charge in [-0.1, -0.05) is 6.07 Å². The number of fused-ring (bicyclic) bond motifs is 1. The summed E-state index contributed by atoms with van der Waals surface area (Å²) in [5, 5.41) is 3.45. The molecule has 0 radical (unpaired) electrons. The fourth-order valence-electron chi connectivity index (χ4n) is 2.81. The standard InChI is InChI=1S/C14H22N2O/c1-15-14-12-7-6-11(17-4)9-10(12)5-8-13(14)16(2)3/h6-7,9,13-15H,5,8H2,1-4H3. The molecule has 0 fully saturated rings.